The van der Waals surface area contributed by atoms with Crippen LogP contribution in [0.15, 0.2) is 47.6 Å². The average molecular weight is 478 g/mol. The third kappa shape index (κ3) is 6.53. The molecule has 0 saturated carbocycles. The van der Waals surface area contributed by atoms with Gasteiger partial charge in [-0.2, -0.15) is 35.1 Å². The molecule has 0 atom stereocenters. The standard InChI is InChI=1S/C18H18F12O/c1-3-5-7-17(9(19)13(23)24,10(20)14(25)26)31-18(8-6-4-2,11(21)15(27)28)12(22)16(29)30/h3-8H2,1-2H3. The summed E-state index contributed by atoms with van der Waals surface area (Å²) < 4.78 is 166. The molecule has 13 heteroatoms. The van der Waals surface area contributed by atoms with Crippen molar-refractivity contribution in [2.24, 2.45) is 0 Å². The maximum Gasteiger partial charge on any atom is 0.305 e. The van der Waals surface area contributed by atoms with E-state index in [1.807, 2.05) is 0 Å². The molecule has 0 aromatic heterocycles. The molecule has 0 aliphatic rings. The molecule has 0 spiro atoms. The van der Waals surface area contributed by atoms with E-state index in [1.54, 1.807) is 0 Å². The Morgan fingerprint density at radius 1 is 0.484 bits per heavy atom. The number of hydrogen-bond acceptors (Lipinski definition) is 1. The average Bonchev–Trinajstić information content (AvgIpc) is 2.71. The van der Waals surface area contributed by atoms with Crippen molar-refractivity contribution in [1.29, 1.82) is 0 Å². The lowest BCUT2D eigenvalue weighted by Gasteiger charge is -2.40. The summed E-state index contributed by atoms with van der Waals surface area (Å²) in [5.41, 5.74) is -8.72. The zero-order chi connectivity index (χ0) is 24.6. The van der Waals surface area contributed by atoms with E-state index >= 15 is 0 Å². The molecule has 0 N–H and O–H groups in total. The molecule has 0 unspecified atom stereocenters. The van der Waals surface area contributed by atoms with Crippen LogP contribution >= 0.6 is 0 Å². The molecule has 0 heterocycles. The van der Waals surface area contributed by atoms with Crippen molar-refractivity contribution in [3.05, 3.63) is 47.6 Å². The minimum Gasteiger partial charge on any atom is -0.339 e. The van der Waals surface area contributed by atoms with E-state index in [1.165, 1.54) is 13.8 Å². The van der Waals surface area contributed by atoms with E-state index in [9.17, 15) is 52.7 Å². The zero-order valence-electron chi connectivity index (χ0n) is 16.2. The fourth-order valence-corrected chi connectivity index (χ4v) is 2.67. The van der Waals surface area contributed by atoms with Crippen LogP contribution in [0.1, 0.15) is 52.4 Å². The van der Waals surface area contributed by atoms with Crippen LogP contribution < -0.4 is 0 Å². The molecular formula is C18H18F12O. The van der Waals surface area contributed by atoms with Gasteiger partial charge in [0.25, 0.3) is 0 Å². The van der Waals surface area contributed by atoms with Crippen LogP contribution in [0.2, 0.25) is 0 Å². The van der Waals surface area contributed by atoms with Gasteiger partial charge in [-0.15, -0.1) is 0 Å². The van der Waals surface area contributed by atoms with Crippen molar-refractivity contribution < 1.29 is 57.4 Å². The van der Waals surface area contributed by atoms with Gasteiger partial charge < -0.3 is 4.74 Å². The highest BCUT2D eigenvalue weighted by Gasteiger charge is 2.57. The molecule has 0 aliphatic heterocycles. The van der Waals surface area contributed by atoms with Gasteiger partial charge in [-0.25, -0.2) is 17.6 Å². The Bertz CT molecular complexity index is 627. The minimum atomic E-state index is -4.36. The van der Waals surface area contributed by atoms with E-state index in [0.717, 1.165) is 0 Å². The summed E-state index contributed by atoms with van der Waals surface area (Å²) in [7, 11) is 0. The van der Waals surface area contributed by atoms with Gasteiger partial charge in [-0.1, -0.05) is 26.7 Å². The monoisotopic (exact) mass is 478 g/mol. The Labute approximate surface area is 169 Å². The van der Waals surface area contributed by atoms with Crippen molar-refractivity contribution in [3.8, 4) is 0 Å². The van der Waals surface area contributed by atoms with Crippen LogP contribution in [0.25, 0.3) is 0 Å². The lowest BCUT2D eigenvalue weighted by molar-refractivity contribution is -0.134. The fourth-order valence-electron chi connectivity index (χ4n) is 2.67. The zero-order valence-corrected chi connectivity index (χ0v) is 16.2. The first-order valence-electron chi connectivity index (χ1n) is 8.80. The summed E-state index contributed by atoms with van der Waals surface area (Å²) in [5.74, 6) is -12.5. The van der Waals surface area contributed by atoms with Gasteiger partial charge in [0.15, 0.2) is 11.2 Å². The molecule has 0 saturated heterocycles. The predicted molar refractivity (Wildman–Crippen MR) is 87.0 cm³/mol. The first-order chi connectivity index (χ1) is 14.2. The second kappa shape index (κ2) is 12.2. The van der Waals surface area contributed by atoms with E-state index in [0.29, 0.717) is 0 Å². The van der Waals surface area contributed by atoms with Crippen LogP contribution in [-0.4, -0.2) is 11.2 Å². The Kier molecular flexibility index (Phi) is 11.4. The van der Waals surface area contributed by atoms with Crippen molar-refractivity contribution in [2.75, 3.05) is 0 Å². The summed E-state index contributed by atoms with van der Waals surface area (Å²) in [6, 6.07) is 0. The Balaban J connectivity index is 7.48. The van der Waals surface area contributed by atoms with Crippen LogP contribution in [0.4, 0.5) is 52.7 Å². The Morgan fingerprint density at radius 3 is 0.871 bits per heavy atom. The third-order valence-corrected chi connectivity index (χ3v) is 4.20. The largest absolute Gasteiger partial charge is 0.339 e. The highest BCUT2D eigenvalue weighted by molar-refractivity contribution is 5.33. The quantitative estimate of drug-likeness (QED) is 0.254. The lowest BCUT2D eigenvalue weighted by Crippen LogP contribution is -2.48. The van der Waals surface area contributed by atoms with Crippen LogP contribution in [0.5, 0.6) is 0 Å². The van der Waals surface area contributed by atoms with Crippen LogP contribution in [0.3, 0.4) is 0 Å². The first-order valence-corrected chi connectivity index (χ1v) is 8.80. The van der Waals surface area contributed by atoms with Gasteiger partial charge in [0, 0.05) is 0 Å². The molecule has 0 radical (unpaired) electrons. The van der Waals surface area contributed by atoms with E-state index in [4.69, 9.17) is 0 Å². The highest BCUT2D eigenvalue weighted by Crippen LogP contribution is 2.50. The maximum absolute atomic E-state index is 14.3. The Hall–Kier alpha value is -1.92. The molecule has 0 bridgehead atoms. The summed E-state index contributed by atoms with van der Waals surface area (Å²) in [5, 5.41) is 0. The molecule has 0 aromatic rings. The normalized spacial score (nSPS) is 11.8. The fraction of sp³-hybridized carbons (Fsp3) is 0.556. The summed E-state index contributed by atoms with van der Waals surface area (Å²) in [6.45, 7) is 2.55. The second-order valence-corrected chi connectivity index (χ2v) is 6.26. The third-order valence-electron chi connectivity index (χ3n) is 4.20. The summed E-state index contributed by atoms with van der Waals surface area (Å²) in [6.07, 6.45) is -18.5. The molecule has 180 valence electrons. The molecule has 31 heavy (non-hydrogen) atoms. The maximum atomic E-state index is 14.3. The number of halogens is 12. The van der Waals surface area contributed by atoms with Crippen LogP contribution in [0, 0.1) is 0 Å². The van der Waals surface area contributed by atoms with E-state index in [2.05, 4.69) is 4.74 Å². The van der Waals surface area contributed by atoms with Crippen molar-refractivity contribution in [1.82, 2.24) is 0 Å². The summed E-state index contributed by atoms with van der Waals surface area (Å²) >= 11 is 0. The van der Waals surface area contributed by atoms with Crippen molar-refractivity contribution in [2.45, 2.75) is 63.6 Å². The van der Waals surface area contributed by atoms with Gasteiger partial charge in [-0.05, 0) is 25.7 Å². The minimum absolute atomic E-state index is 0.138. The molecule has 0 amide bonds. The van der Waals surface area contributed by atoms with Crippen molar-refractivity contribution in [3.63, 3.8) is 0 Å². The van der Waals surface area contributed by atoms with E-state index in [-0.39, 0.29) is 12.8 Å². The van der Waals surface area contributed by atoms with Crippen molar-refractivity contribution >= 4 is 0 Å². The number of unbranched alkanes of at least 4 members (excludes halogenated alkanes) is 2. The molecule has 0 aliphatic carbocycles. The number of rotatable bonds is 12. The number of ether oxygens (including phenoxy) is 1. The molecule has 0 rings (SSSR count). The van der Waals surface area contributed by atoms with Gasteiger partial charge in [0.1, 0.15) is 0 Å². The van der Waals surface area contributed by atoms with Gasteiger partial charge >= 0.3 is 24.3 Å². The molecule has 1 nitrogen and oxygen atoms in total. The highest BCUT2D eigenvalue weighted by atomic mass is 19.3. The topological polar surface area (TPSA) is 9.23 Å². The number of hydrogen-bond donors (Lipinski definition) is 0. The summed E-state index contributed by atoms with van der Waals surface area (Å²) in [4.78, 5) is 0. The predicted octanol–water partition coefficient (Wildman–Crippen LogP) is 9.17. The molecule has 0 fully saturated rings. The van der Waals surface area contributed by atoms with Gasteiger partial charge in [0.2, 0.25) is 23.3 Å². The lowest BCUT2D eigenvalue weighted by atomic mass is 9.88. The Morgan fingerprint density at radius 2 is 0.710 bits per heavy atom. The first kappa shape index (κ1) is 29.1. The van der Waals surface area contributed by atoms with E-state index < -0.39 is 84.5 Å². The molecule has 0 aromatic carbocycles. The van der Waals surface area contributed by atoms with Gasteiger partial charge in [-0.3, -0.25) is 0 Å². The van der Waals surface area contributed by atoms with Crippen LogP contribution in [-0.2, 0) is 4.74 Å². The smallest absolute Gasteiger partial charge is 0.305 e. The second-order valence-electron chi connectivity index (χ2n) is 6.26. The SMILES string of the molecule is CCCCC(OC(CCCC)(C(F)=C(F)F)C(F)=C(F)F)(C(F)=C(F)F)C(F)=C(F)F. The molecular weight excluding hydrogens is 460 g/mol. The van der Waals surface area contributed by atoms with Gasteiger partial charge in [0.05, 0.1) is 0 Å².